The van der Waals surface area contributed by atoms with Gasteiger partial charge in [0.15, 0.2) is 11.2 Å². The van der Waals surface area contributed by atoms with Crippen LogP contribution in [-0.2, 0) is 20.6 Å². The average Bonchev–Trinajstić information content (AvgIpc) is 3.28. The Morgan fingerprint density at radius 1 is 0.946 bits per heavy atom. The number of nitrogens with zero attached hydrogens (tertiary/aromatic N) is 6. The van der Waals surface area contributed by atoms with E-state index in [0.29, 0.717) is 37.6 Å². The number of nitrogens with one attached hydrogen (secondary N) is 1. The van der Waals surface area contributed by atoms with Gasteiger partial charge in [-0.25, -0.2) is 14.0 Å². The number of benzene rings is 2. The molecule has 0 bridgehead atoms. The summed E-state index contributed by atoms with van der Waals surface area (Å²) < 4.78 is 17.7. The second-order valence-electron chi connectivity index (χ2n) is 9.27. The third-order valence-corrected chi connectivity index (χ3v) is 6.73. The number of aryl methyl sites for hydroxylation is 2. The molecule has 0 atom stereocenters. The molecular weight excluding hydrogens is 477 g/mol. The summed E-state index contributed by atoms with van der Waals surface area (Å²) in [6, 6.07) is 13.5. The molecule has 0 aliphatic carbocycles. The SMILES string of the molecule is Cc1ccc(NC(=O)N2CCN(c3nc4c(c(=O)n(C)c(=O)n4C)n3Cc3ccc(F)cc3)CC2)cc1. The molecule has 2 amide bonds. The van der Waals surface area contributed by atoms with E-state index in [4.69, 9.17) is 4.98 Å². The van der Waals surface area contributed by atoms with Gasteiger partial charge >= 0.3 is 11.7 Å². The van der Waals surface area contributed by atoms with Crippen LogP contribution in [0.25, 0.3) is 11.2 Å². The fourth-order valence-electron chi connectivity index (χ4n) is 4.55. The number of anilines is 2. The first-order valence-corrected chi connectivity index (χ1v) is 12.0. The Kier molecular flexibility index (Phi) is 6.28. The Bertz CT molecular complexity index is 1580. The highest BCUT2D eigenvalue weighted by Crippen LogP contribution is 2.23. The number of urea groups is 1. The molecule has 192 valence electrons. The van der Waals surface area contributed by atoms with Gasteiger partial charge in [-0.2, -0.15) is 4.98 Å². The maximum absolute atomic E-state index is 13.5. The summed E-state index contributed by atoms with van der Waals surface area (Å²) in [5.41, 5.74) is 2.30. The van der Waals surface area contributed by atoms with Crippen LogP contribution in [0.4, 0.5) is 20.8 Å². The molecule has 10 nitrogen and oxygen atoms in total. The third kappa shape index (κ3) is 4.59. The second-order valence-corrected chi connectivity index (χ2v) is 9.27. The summed E-state index contributed by atoms with van der Waals surface area (Å²) >= 11 is 0. The molecular formula is C26H28FN7O3. The van der Waals surface area contributed by atoms with E-state index in [1.807, 2.05) is 36.1 Å². The highest BCUT2D eigenvalue weighted by atomic mass is 19.1. The first kappa shape index (κ1) is 24.3. The normalized spacial score (nSPS) is 13.8. The van der Waals surface area contributed by atoms with E-state index < -0.39 is 11.2 Å². The van der Waals surface area contributed by atoms with Crippen LogP contribution in [-0.4, -0.2) is 55.8 Å². The van der Waals surface area contributed by atoms with E-state index >= 15 is 0 Å². The van der Waals surface area contributed by atoms with Crippen molar-refractivity contribution in [2.75, 3.05) is 36.4 Å². The van der Waals surface area contributed by atoms with Crippen LogP contribution in [0.15, 0.2) is 58.1 Å². The summed E-state index contributed by atoms with van der Waals surface area (Å²) in [6.07, 6.45) is 0. The molecule has 1 aliphatic rings. The van der Waals surface area contributed by atoms with E-state index in [1.54, 1.807) is 28.6 Å². The maximum atomic E-state index is 13.5. The van der Waals surface area contributed by atoms with Crippen LogP contribution >= 0.6 is 0 Å². The van der Waals surface area contributed by atoms with Gasteiger partial charge in [0.25, 0.3) is 5.56 Å². The van der Waals surface area contributed by atoms with Gasteiger partial charge in [0.1, 0.15) is 5.82 Å². The number of hydrogen-bond donors (Lipinski definition) is 1. The number of rotatable bonds is 4. The molecule has 2 aromatic carbocycles. The minimum Gasteiger partial charge on any atom is -0.339 e. The van der Waals surface area contributed by atoms with Crippen molar-refractivity contribution >= 4 is 28.8 Å². The van der Waals surface area contributed by atoms with E-state index in [2.05, 4.69) is 5.32 Å². The van der Waals surface area contributed by atoms with Crippen LogP contribution in [0, 0.1) is 12.7 Å². The van der Waals surface area contributed by atoms with Gasteiger partial charge in [0, 0.05) is 46.0 Å². The Labute approximate surface area is 212 Å². The molecule has 0 radical (unpaired) electrons. The molecule has 1 N–H and O–H groups in total. The standard InChI is InChI=1S/C26H28FN7O3/c1-17-4-10-20(11-5-17)28-25(36)33-14-12-32(13-15-33)24-29-22-21(23(35)31(3)26(37)30(22)2)34(24)16-18-6-8-19(27)9-7-18/h4-11H,12-16H2,1-3H3,(H,28,36). The summed E-state index contributed by atoms with van der Waals surface area (Å²) in [6.45, 7) is 4.14. The predicted octanol–water partition coefficient (Wildman–Crippen LogP) is 2.28. The molecule has 37 heavy (non-hydrogen) atoms. The van der Waals surface area contributed by atoms with Crippen molar-refractivity contribution in [3.63, 3.8) is 0 Å². The van der Waals surface area contributed by atoms with Crippen LogP contribution in [0.3, 0.4) is 0 Å². The maximum Gasteiger partial charge on any atom is 0.332 e. The Balaban J connectivity index is 1.44. The predicted molar refractivity (Wildman–Crippen MR) is 140 cm³/mol. The number of hydrogen-bond acceptors (Lipinski definition) is 5. The van der Waals surface area contributed by atoms with Crippen molar-refractivity contribution in [1.29, 1.82) is 0 Å². The molecule has 0 spiro atoms. The Morgan fingerprint density at radius 3 is 2.24 bits per heavy atom. The van der Waals surface area contributed by atoms with E-state index in [9.17, 15) is 18.8 Å². The zero-order valence-electron chi connectivity index (χ0n) is 20.9. The molecule has 11 heteroatoms. The monoisotopic (exact) mass is 505 g/mol. The third-order valence-electron chi connectivity index (χ3n) is 6.73. The van der Waals surface area contributed by atoms with Crippen molar-refractivity contribution in [2.24, 2.45) is 14.1 Å². The molecule has 0 saturated carbocycles. The lowest BCUT2D eigenvalue weighted by atomic mass is 10.2. The number of fused-ring (bicyclic) bond motifs is 1. The second kappa shape index (κ2) is 9.57. The molecule has 1 saturated heterocycles. The lowest BCUT2D eigenvalue weighted by Gasteiger charge is -2.35. The van der Waals surface area contributed by atoms with Crippen molar-refractivity contribution in [3.05, 3.63) is 86.3 Å². The number of carbonyl (C=O) groups excluding carboxylic acids is 1. The molecule has 0 unspecified atom stereocenters. The number of halogens is 1. The van der Waals surface area contributed by atoms with Gasteiger partial charge < -0.3 is 15.1 Å². The zero-order chi connectivity index (χ0) is 26.3. The lowest BCUT2D eigenvalue weighted by Crippen LogP contribution is -2.50. The summed E-state index contributed by atoms with van der Waals surface area (Å²) in [4.78, 5) is 46.9. The van der Waals surface area contributed by atoms with Crippen LogP contribution in [0.5, 0.6) is 0 Å². The fraction of sp³-hybridized carbons (Fsp3) is 0.308. The zero-order valence-corrected chi connectivity index (χ0v) is 20.9. The van der Waals surface area contributed by atoms with E-state index in [0.717, 1.165) is 21.4 Å². The highest BCUT2D eigenvalue weighted by Gasteiger charge is 2.27. The molecule has 3 heterocycles. The average molecular weight is 506 g/mol. The van der Waals surface area contributed by atoms with E-state index in [1.165, 1.54) is 23.7 Å². The summed E-state index contributed by atoms with van der Waals surface area (Å²) in [5.74, 6) is 0.175. The molecule has 1 fully saturated rings. The number of amides is 2. The summed E-state index contributed by atoms with van der Waals surface area (Å²) in [5, 5.41) is 2.93. The van der Waals surface area contributed by atoms with Crippen molar-refractivity contribution in [1.82, 2.24) is 23.6 Å². The number of aromatic nitrogens is 4. The first-order chi connectivity index (χ1) is 17.7. The van der Waals surface area contributed by atoms with Gasteiger partial charge in [-0.05, 0) is 36.8 Å². The Morgan fingerprint density at radius 2 is 1.59 bits per heavy atom. The van der Waals surface area contributed by atoms with Gasteiger partial charge in [0.05, 0.1) is 6.54 Å². The quantitative estimate of drug-likeness (QED) is 0.459. The van der Waals surface area contributed by atoms with Crippen LogP contribution < -0.4 is 21.5 Å². The van der Waals surface area contributed by atoms with Crippen molar-refractivity contribution < 1.29 is 9.18 Å². The van der Waals surface area contributed by atoms with Gasteiger partial charge in [-0.3, -0.25) is 18.5 Å². The minimum absolute atomic E-state index is 0.181. The Hall–Kier alpha value is -4.41. The van der Waals surface area contributed by atoms with Crippen LogP contribution in [0.2, 0.25) is 0 Å². The molecule has 1 aliphatic heterocycles. The lowest BCUT2D eigenvalue weighted by molar-refractivity contribution is 0.208. The largest absolute Gasteiger partial charge is 0.339 e. The van der Waals surface area contributed by atoms with E-state index in [-0.39, 0.29) is 24.0 Å². The number of carbonyl (C=O) groups is 1. The topological polar surface area (TPSA) is 97.4 Å². The van der Waals surface area contributed by atoms with Gasteiger partial charge in [0.2, 0.25) is 5.95 Å². The molecule has 2 aromatic heterocycles. The van der Waals surface area contributed by atoms with Crippen molar-refractivity contribution in [3.8, 4) is 0 Å². The fourth-order valence-corrected chi connectivity index (χ4v) is 4.55. The molecule has 5 rings (SSSR count). The van der Waals surface area contributed by atoms with Crippen LogP contribution in [0.1, 0.15) is 11.1 Å². The smallest absolute Gasteiger partial charge is 0.332 e. The number of imidazole rings is 1. The summed E-state index contributed by atoms with van der Waals surface area (Å²) in [7, 11) is 3.01. The van der Waals surface area contributed by atoms with Gasteiger partial charge in [-0.1, -0.05) is 29.8 Å². The first-order valence-electron chi connectivity index (χ1n) is 12.0. The molecule has 4 aromatic rings. The highest BCUT2D eigenvalue weighted by molar-refractivity contribution is 5.89. The van der Waals surface area contributed by atoms with Gasteiger partial charge in [-0.15, -0.1) is 0 Å². The number of piperazine rings is 1. The minimum atomic E-state index is -0.465. The van der Waals surface area contributed by atoms with Crippen molar-refractivity contribution in [2.45, 2.75) is 13.5 Å².